The quantitative estimate of drug-likeness (QED) is 0.117. The van der Waals surface area contributed by atoms with Crippen LogP contribution in [0.3, 0.4) is 0 Å². The fourth-order valence-electron chi connectivity index (χ4n) is 3.26. The van der Waals surface area contributed by atoms with Crippen LogP contribution in [-0.2, 0) is 4.74 Å². The number of aromatic nitrogens is 2. The van der Waals surface area contributed by atoms with Gasteiger partial charge in [-0.3, -0.25) is 9.67 Å². The van der Waals surface area contributed by atoms with Crippen molar-refractivity contribution in [3.63, 3.8) is 0 Å². The van der Waals surface area contributed by atoms with Gasteiger partial charge in [-0.2, -0.15) is 10.4 Å². The lowest BCUT2D eigenvalue weighted by Gasteiger charge is -2.18. The molecule has 0 N–H and O–H groups in total. The van der Waals surface area contributed by atoms with E-state index in [1.165, 1.54) is 0 Å². The summed E-state index contributed by atoms with van der Waals surface area (Å²) in [5, 5.41) is 13.5. The minimum Gasteiger partial charge on any atom is -0.462 e. The van der Waals surface area contributed by atoms with Gasteiger partial charge in [-0.25, -0.2) is 0 Å². The van der Waals surface area contributed by atoms with E-state index in [2.05, 4.69) is 54.4 Å². The topological polar surface area (TPSA) is 63.2 Å². The normalized spacial score (nSPS) is 12.8. The summed E-state index contributed by atoms with van der Waals surface area (Å²) in [5.74, 6) is 1.35. The first-order chi connectivity index (χ1) is 17.5. The van der Waals surface area contributed by atoms with Crippen LogP contribution in [0.5, 0.6) is 0 Å². The molecule has 0 spiro atoms. The molecule has 5 heteroatoms. The highest BCUT2D eigenvalue weighted by Crippen LogP contribution is 2.26. The summed E-state index contributed by atoms with van der Waals surface area (Å²) >= 11 is 0. The Balaban J connectivity index is 0.00000122. The molecule has 0 fully saturated rings. The van der Waals surface area contributed by atoms with Crippen LogP contribution >= 0.6 is 0 Å². The van der Waals surface area contributed by atoms with E-state index >= 15 is 0 Å². The molecule has 0 bridgehead atoms. The Labute approximate surface area is 225 Å². The van der Waals surface area contributed by atoms with E-state index in [0.717, 1.165) is 59.5 Å². The average molecular weight is 503 g/mol. The van der Waals surface area contributed by atoms with Crippen LogP contribution in [0.25, 0.3) is 12.2 Å². The van der Waals surface area contributed by atoms with Crippen molar-refractivity contribution in [3.05, 3.63) is 89.4 Å². The number of aliphatic imine (C=N–C) groups is 1. The van der Waals surface area contributed by atoms with Crippen molar-refractivity contribution in [2.45, 2.75) is 87.1 Å². The van der Waals surface area contributed by atoms with Crippen molar-refractivity contribution in [3.8, 4) is 6.07 Å². The van der Waals surface area contributed by atoms with Gasteiger partial charge in [0.25, 0.3) is 0 Å². The smallest absolute Gasteiger partial charge is 0.129 e. The lowest BCUT2D eigenvalue weighted by Crippen LogP contribution is -2.12. The zero-order valence-corrected chi connectivity index (χ0v) is 24.3. The monoisotopic (exact) mass is 502 g/mol. The molecule has 0 aliphatic heterocycles. The van der Waals surface area contributed by atoms with E-state index in [9.17, 15) is 0 Å². The molecule has 37 heavy (non-hydrogen) atoms. The van der Waals surface area contributed by atoms with Crippen molar-refractivity contribution in [2.24, 2.45) is 4.99 Å². The van der Waals surface area contributed by atoms with Crippen molar-refractivity contribution in [1.29, 1.82) is 5.26 Å². The Kier molecular flexibility index (Phi) is 16.8. The zero-order valence-electron chi connectivity index (χ0n) is 24.3. The standard InChI is InChI=1S/C24H33N3O.C8H13N/c1-8-11-22(12-9-2)27-23(10-3)21(17-26-27)15-20(7)28-24(18(4)5)14-13-19(6)16-25;1-5-8(4)6-9-7(2)3/h10,13-15,17,22H,3-4,8-9,11-12H2,1-2,5-7H3;5-6H,2H2,1,3-4H3/b19-13+,20-15+,24-14+;8-5-,9-6?. The number of nitrogens with zero attached hydrogens (tertiary/aromatic N) is 4. The second-order valence-corrected chi connectivity index (χ2v) is 9.02. The number of ether oxygens (including phenoxy) is 1. The third-order valence-electron chi connectivity index (χ3n) is 5.30. The molecule has 0 aliphatic rings. The highest BCUT2D eigenvalue weighted by Gasteiger charge is 2.15. The molecular formula is C32H46N4O. The fourth-order valence-corrected chi connectivity index (χ4v) is 3.26. The summed E-state index contributed by atoms with van der Waals surface area (Å²) < 4.78 is 8.06. The Morgan fingerprint density at radius 3 is 2.22 bits per heavy atom. The second kappa shape index (κ2) is 18.6. The molecule has 1 rings (SSSR count). The van der Waals surface area contributed by atoms with Crippen LogP contribution < -0.4 is 0 Å². The van der Waals surface area contributed by atoms with Crippen LogP contribution in [-0.4, -0.2) is 16.0 Å². The first kappa shape index (κ1) is 33.4. The van der Waals surface area contributed by atoms with Crippen molar-refractivity contribution < 1.29 is 4.74 Å². The number of allylic oxidation sites excluding steroid dienone is 8. The maximum Gasteiger partial charge on any atom is 0.129 e. The number of nitriles is 1. The lowest BCUT2D eigenvalue weighted by molar-refractivity contribution is 0.320. The third kappa shape index (κ3) is 13.3. The Bertz CT molecular complexity index is 1090. The summed E-state index contributed by atoms with van der Waals surface area (Å²) in [6.45, 7) is 27.4. The number of hydrogen-bond donors (Lipinski definition) is 0. The summed E-state index contributed by atoms with van der Waals surface area (Å²) in [6, 6.07) is 2.48. The average Bonchev–Trinajstić information content (AvgIpc) is 3.26. The SMILES string of the molecule is C=C(C)N=C/C(C)=C\C.C=Cc1c(/C=C(\C)O/C(=C/C=C(\C)C#N)C(=C)C)cnn1C(CCC)CCC. The van der Waals surface area contributed by atoms with E-state index in [4.69, 9.17) is 10.00 Å². The van der Waals surface area contributed by atoms with Gasteiger partial charge in [0.15, 0.2) is 0 Å². The maximum atomic E-state index is 8.90. The predicted molar refractivity (Wildman–Crippen MR) is 161 cm³/mol. The molecule has 0 atom stereocenters. The van der Waals surface area contributed by atoms with Crippen LogP contribution in [0.4, 0.5) is 0 Å². The van der Waals surface area contributed by atoms with Gasteiger partial charge in [0.1, 0.15) is 11.5 Å². The Morgan fingerprint density at radius 2 is 1.76 bits per heavy atom. The van der Waals surface area contributed by atoms with E-state index in [-0.39, 0.29) is 0 Å². The summed E-state index contributed by atoms with van der Waals surface area (Å²) in [5.41, 5.74) is 5.40. The van der Waals surface area contributed by atoms with Gasteiger partial charge in [-0.1, -0.05) is 52.5 Å². The number of hydrogen-bond acceptors (Lipinski definition) is 4. The van der Waals surface area contributed by atoms with Gasteiger partial charge in [0, 0.05) is 23.0 Å². The molecule has 0 saturated heterocycles. The molecule has 1 heterocycles. The molecule has 0 radical (unpaired) electrons. The lowest BCUT2D eigenvalue weighted by atomic mass is 10.1. The van der Waals surface area contributed by atoms with Gasteiger partial charge in [-0.05, 0) is 89.8 Å². The maximum absolute atomic E-state index is 8.90. The molecule has 5 nitrogen and oxygen atoms in total. The molecule has 0 amide bonds. The van der Waals surface area contributed by atoms with Crippen molar-refractivity contribution in [2.75, 3.05) is 0 Å². The molecule has 1 aromatic rings. The highest BCUT2D eigenvalue weighted by molar-refractivity contribution is 5.78. The largest absolute Gasteiger partial charge is 0.462 e. The van der Waals surface area contributed by atoms with Crippen molar-refractivity contribution in [1.82, 2.24) is 9.78 Å². The van der Waals surface area contributed by atoms with E-state index in [1.807, 2.05) is 65.3 Å². The number of rotatable bonds is 13. The third-order valence-corrected chi connectivity index (χ3v) is 5.30. The Morgan fingerprint density at radius 1 is 1.14 bits per heavy atom. The van der Waals surface area contributed by atoms with Gasteiger partial charge in [0.2, 0.25) is 0 Å². The van der Waals surface area contributed by atoms with Gasteiger partial charge in [-0.15, -0.1) is 0 Å². The van der Waals surface area contributed by atoms with Gasteiger partial charge < -0.3 is 4.74 Å². The minimum absolute atomic E-state index is 0.386. The summed E-state index contributed by atoms with van der Waals surface area (Å²) in [7, 11) is 0. The summed E-state index contributed by atoms with van der Waals surface area (Å²) in [4.78, 5) is 4.01. The molecule has 0 unspecified atom stereocenters. The van der Waals surface area contributed by atoms with Crippen LogP contribution in [0.1, 0.15) is 98.4 Å². The zero-order chi connectivity index (χ0) is 28.4. The highest BCUT2D eigenvalue weighted by atomic mass is 16.5. The fraction of sp³-hybridized carbons (Fsp3) is 0.406. The van der Waals surface area contributed by atoms with Crippen LogP contribution in [0.15, 0.2) is 83.1 Å². The minimum atomic E-state index is 0.386. The predicted octanol–water partition coefficient (Wildman–Crippen LogP) is 9.53. The van der Waals surface area contributed by atoms with E-state index < -0.39 is 0 Å². The molecule has 0 aromatic carbocycles. The van der Waals surface area contributed by atoms with Crippen molar-refractivity contribution >= 4 is 18.4 Å². The molecule has 200 valence electrons. The molecule has 0 saturated carbocycles. The first-order valence-corrected chi connectivity index (χ1v) is 12.9. The molecule has 1 aromatic heterocycles. The summed E-state index contributed by atoms with van der Waals surface area (Å²) in [6.07, 6.45) is 17.4. The van der Waals surface area contributed by atoms with Crippen LogP contribution in [0, 0.1) is 11.3 Å². The van der Waals surface area contributed by atoms with E-state index in [1.54, 1.807) is 19.1 Å². The van der Waals surface area contributed by atoms with E-state index in [0.29, 0.717) is 17.4 Å². The second-order valence-electron chi connectivity index (χ2n) is 9.02. The van der Waals surface area contributed by atoms with Gasteiger partial charge in [0.05, 0.1) is 24.0 Å². The van der Waals surface area contributed by atoms with Crippen LogP contribution in [0.2, 0.25) is 0 Å². The first-order valence-electron chi connectivity index (χ1n) is 12.9. The molecule has 0 aliphatic carbocycles. The molecular weight excluding hydrogens is 456 g/mol. The van der Waals surface area contributed by atoms with Gasteiger partial charge >= 0.3 is 0 Å². The Hall–Kier alpha value is -3.65.